The average molecular weight is 360 g/mol. The van der Waals surface area contributed by atoms with Crippen LogP contribution in [0.3, 0.4) is 0 Å². The molecule has 0 spiro atoms. The van der Waals surface area contributed by atoms with Gasteiger partial charge in [-0.1, -0.05) is 43.1 Å². The van der Waals surface area contributed by atoms with Crippen molar-refractivity contribution in [2.45, 2.75) is 72.6 Å². The van der Waals surface area contributed by atoms with Crippen molar-refractivity contribution in [2.24, 2.45) is 0 Å². The van der Waals surface area contributed by atoms with Crippen molar-refractivity contribution in [3.05, 3.63) is 45.9 Å². The molecule has 0 saturated heterocycles. The van der Waals surface area contributed by atoms with Crippen LogP contribution in [0.15, 0.2) is 45.9 Å². The highest BCUT2D eigenvalue weighted by Gasteiger charge is 2.33. The molecule has 144 valence electrons. The quantitative estimate of drug-likeness (QED) is 0.324. The molecule has 26 heavy (non-hydrogen) atoms. The van der Waals surface area contributed by atoms with Crippen molar-refractivity contribution in [1.82, 2.24) is 5.32 Å². The summed E-state index contributed by atoms with van der Waals surface area (Å²) in [5, 5.41) is 13.2. The Morgan fingerprint density at radius 2 is 1.73 bits per heavy atom. The van der Waals surface area contributed by atoms with Gasteiger partial charge in [0.05, 0.1) is 11.3 Å². The van der Waals surface area contributed by atoms with Gasteiger partial charge in [-0.05, 0) is 52.9 Å². The lowest BCUT2D eigenvalue weighted by Crippen LogP contribution is -2.30. The van der Waals surface area contributed by atoms with Crippen LogP contribution in [-0.4, -0.2) is 23.7 Å². The van der Waals surface area contributed by atoms with Crippen LogP contribution < -0.4 is 5.32 Å². The van der Waals surface area contributed by atoms with Crippen molar-refractivity contribution in [3.63, 3.8) is 0 Å². The number of likely N-dealkylation sites (N-methyl/N-ethyl adjacent to an activating group) is 1. The first kappa shape index (κ1) is 21.9. The number of rotatable bonds is 10. The van der Waals surface area contributed by atoms with Crippen LogP contribution >= 0.6 is 0 Å². The number of aliphatic hydroxyl groups is 1. The molecule has 0 aliphatic heterocycles. The summed E-state index contributed by atoms with van der Waals surface area (Å²) in [6.07, 6.45) is 9.62. The number of hydrogen-bond donors (Lipinski definition) is 2. The Bertz CT molecular complexity index is 659. The average Bonchev–Trinajstić information content (AvgIpc) is 2.59. The Morgan fingerprint density at radius 1 is 1.04 bits per heavy atom. The fourth-order valence-corrected chi connectivity index (χ4v) is 3.00. The minimum absolute atomic E-state index is 0.195. The number of carbonyl (C=O) groups excluding carboxylic acids is 2. The van der Waals surface area contributed by atoms with E-state index in [-0.39, 0.29) is 23.5 Å². The lowest BCUT2D eigenvalue weighted by atomic mass is 9.87. The summed E-state index contributed by atoms with van der Waals surface area (Å²) >= 11 is 0. The van der Waals surface area contributed by atoms with Gasteiger partial charge < -0.3 is 10.4 Å². The SMILES string of the molecule is CCCCCC1=C(NC)C(=O)C(CC=C(C)CCC=C(C)C)=C(O)C1=O. The fourth-order valence-electron chi connectivity index (χ4n) is 3.00. The van der Waals surface area contributed by atoms with Crippen molar-refractivity contribution in [3.8, 4) is 0 Å². The summed E-state index contributed by atoms with van der Waals surface area (Å²) in [4.78, 5) is 25.3. The second-order valence-corrected chi connectivity index (χ2v) is 7.12. The molecule has 1 rings (SSSR count). The van der Waals surface area contributed by atoms with Gasteiger partial charge in [0.1, 0.15) is 0 Å². The topological polar surface area (TPSA) is 66.4 Å². The molecule has 0 radical (unpaired) electrons. The summed E-state index contributed by atoms with van der Waals surface area (Å²) < 4.78 is 0. The van der Waals surface area contributed by atoms with E-state index in [0.717, 1.165) is 37.7 Å². The van der Waals surface area contributed by atoms with E-state index in [4.69, 9.17) is 0 Å². The van der Waals surface area contributed by atoms with E-state index in [1.54, 1.807) is 7.05 Å². The van der Waals surface area contributed by atoms with Crippen LogP contribution in [0.1, 0.15) is 72.6 Å². The smallest absolute Gasteiger partial charge is 0.225 e. The van der Waals surface area contributed by atoms with Gasteiger partial charge in [-0.15, -0.1) is 0 Å². The van der Waals surface area contributed by atoms with Crippen LogP contribution in [0, 0.1) is 0 Å². The van der Waals surface area contributed by atoms with Gasteiger partial charge in [-0.25, -0.2) is 0 Å². The molecule has 1 aliphatic rings. The van der Waals surface area contributed by atoms with E-state index in [0.29, 0.717) is 17.7 Å². The molecule has 0 aromatic rings. The summed E-state index contributed by atoms with van der Waals surface area (Å²) in [5.41, 5.74) is 3.38. The Labute approximate surface area is 157 Å². The molecule has 0 atom stereocenters. The highest BCUT2D eigenvalue weighted by Crippen LogP contribution is 2.28. The van der Waals surface area contributed by atoms with E-state index in [1.807, 2.05) is 13.0 Å². The molecule has 1 aliphatic carbocycles. The summed E-state index contributed by atoms with van der Waals surface area (Å²) in [7, 11) is 1.65. The van der Waals surface area contributed by atoms with E-state index in [2.05, 4.69) is 32.2 Å². The second-order valence-electron chi connectivity index (χ2n) is 7.12. The normalized spacial score (nSPS) is 15.7. The van der Waals surface area contributed by atoms with Crippen molar-refractivity contribution in [2.75, 3.05) is 7.05 Å². The molecule has 0 aromatic carbocycles. The zero-order chi connectivity index (χ0) is 19.7. The molecule has 2 N–H and O–H groups in total. The molecular weight excluding hydrogens is 326 g/mol. The van der Waals surface area contributed by atoms with E-state index >= 15 is 0 Å². The van der Waals surface area contributed by atoms with Crippen LogP contribution in [0.5, 0.6) is 0 Å². The van der Waals surface area contributed by atoms with Gasteiger partial charge >= 0.3 is 0 Å². The van der Waals surface area contributed by atoms with Crippen LogP contribution in [-0.2, 0) is 9.59 Å². The van der Waals surface area contributed by atoms with Crippen molar-refractivity contribution in [1.29, 1.82) is 0 Å². The molecule has 0 fully saturated rings. The van der Waals surface area contributed by atoms with Gasteiger partial charge in [-0.3, -0.25) is 9.59 Å². The summed E-state index contributed by atoms with van der Waals surface area (Å²) in [6, 6.07) is 0. The second kappa shape index (κ2) is 10.8. The number of nitrogens with one attached hydrogen (secondary N) is 1. The third-order valence-corrected chi connectivity index (χ3v) is 4.60. The molecule has 4 heteroatoms. The Hall–Kier alpha value is -2.10. The Balaban J connectivity index is 2.92. The minimum atomic E-state index is -0.407. The number of aliphatic hydroxyl groups excluding tert-OH is 1. The maximum atomic E-state index is 12.7. The van der Waals surface area contributed by atoms with Gasteiger partial charge in [0.15, 0.2) is 5.76 Å². The van der Waals surface area contributed by atoms with E-state index in [9.17, 15) is 14.7 Å². The molecule has 0 heterocycles. The standard InChI is InChI=1S/C22H33NO3/c1-6-7-8-12-17-19(23-5)20(24)18(22(26)21(17)25)14-13-16(4)11-9-10-15(2)3/h10,13,23,26H,6-9,11-12,14H2,1-5H3. The van der Waals surface area contributed by atoms with Crippen LogP contribution in [0.2, 0.25) is 0 Å². The van der Waals surface area contributed by atoms with Crippen LogP contribution in [0.25, 0.3) is 0 Å². The zero-order valence-electron chi connectivity index (χ0n) is 16.9. The first-order valence-corrected chi connectivity index (χ1v) is 9.54. The Morgan fingerprint density at radius 3 is 2.31 bits per heavy atom. The highest BCUT2D eigenvalue weighted by molar-refractivity contribution is 6.24. The third-order valence-electron chi connectivity index (χ3n) is 4.60. The zero-order valence-corrected chi connectivity index (χ0v) is 16.9. The van der Waals surface area contributed by atoms with E-state index in [1.165, 1.54) is 5.57 Å². The molecule has 0 saturated carbocycles. The number of carbonyl (C=O) groups is 2. The molecule has 0 aromatic heterocycles. The summed E-state index contributed by atoms with van der Waals surface area (Å²) in [5.74, 6) is -1.05. The summed E-state index contributed by atoms with van der Waals surface area (Å²) in [6.45, 7) is 8.23. The van der Waals surface area contributed by atoms with Gasteiger partial charge in [0, 0.05) is 12.6 Å². The maximum absolute atomic E-state index is 12.7. The Kier molecular flexibility index (Phi) is 9.11. The van der Waals surface area contributed by atoms with E-state index < -0.39 is 5.78 Å². The van der Waals surface area contributed by atoms with Gasteiger partial charge in [-0.2, -0.15) is 0 Å². The number of unbranched alkanes of at least 4 members (excludes halogenated alkanes) is 2. The predicted molar refractivity (Wildman–Crippen MR) is 107 cm³/mol. The molecule has 0 unspecified atom stereocenters. The highest BCUT2D eigenvalue weighted by atomic mass is 16.3. The molecule has 0 bridgehead atoms. The molecule has 4 nitrogen and oxygen atoms in total. The third kappa shape index (κ3) is 6.01. The first-order valence-electron chi connectivity index (χ1n) is 9.54. The molecule has 0 amide bonds. The number of allylic oxidation sites excluding steroid dienone is 6. The molecular formula is C22H33NO3. The first-order chi connectivity index (χ1) is 12.3. The van der Waals surface area contributed by atoms with Crippen molar-refractivity contribution < 1.29 is 14.7 Å². The van der Waals surface area contributed by atoms with Crippen molar-refractivity contribution >= 4 is 11.6 Å². The fraction of sp³-hybridized carbons (Fsp3) is 0.545. The predicted octanol–water partition coefficient (Wildman–Crippen LogP) is 5.09. The minimum Gasteiger partial charge on any atom is -0.504 e. The largest absolute Gasteiger partial charge is 0.504 e. The maximum Gasteiger partial charge on any atom is 0.225 e. The van der Waals surface area contributed by atoms with Gasteiger partial charge in [0.2, 0.25) is 11.6 Å². The number of Topliss-reactive ketones (excluding diaryl/α,β-unsaturated/α-hetero) is 2. The van der Waals surface area contributed by atoms with Crippen LogP contribution in [0.4, 0.5) is 0 Å². The number of ketones is 2. The lowest BCUT2D eigenvalue weighted by molar-refractivity contribution is -0.118. The monoisotopic (exact) mass is 359 g/mol. The van der Waals surface area contributed by atoms with Gasteiger partial charge in [0.25, 0.3) is 0 Å². The lowest BCUT2D eigenvalue weighted by Gasteiger charge is -2.20. The number of hydrogen-bond acceptors (Lipinski definition) is 4.